The van der Waals surface area contributed by atoms with Crippen LogP contribution < -0.4 is 5.32 Å². The maximum absolute atomic E-state index is 13.5. The average molecular weight is 537 g/mol. The SMILES string of the molecule is CC(C)C(=O)c1ccc2c(c1)CCN(CC[C@H]1CC[C@H](NC(=O)C(c3ccccc3)c3ccccc3)CC1)CC2. The van der Waals surface area contributed by atoms with E-state index >= 15 is 0 Å². The molecule has 0 aromatic heterocycles. The number of hydrogen-bond acceptors (Lipinski definition) is 3. The Morgan fingerprint density at radius 1 is 0.800 bits per heavy atom. The van der Waals surface area contributed by atoms with Crippen molar-refractivity contribution in [1.29, 1.82) is 0 Å². The minimum Gasteiger partial charge on any atom is -0.353 e. The number of ketones is 1. The molecule has 0 radical (unpaired) electrons. The lowest BCUT2D eigenvalue weighted by Crippen LogP contribution is -2.41. The van der Waals surface area contributed by atoms with Gasteiger partial charge in [-0.25, -0.2) is 0 Å². The second kappa shape index (κ2) is 13.4. The Labute approximate surface area is 240 Å². The second-order valence-electron chi connectivity index (χ2n) is 12.1. The summed E-state index contributed by atoms with van der Waals surface area (Å²) in [6, 6.07) is 26.9. The maximum atomic E-state index is 13.5. The lowest BCUT2D eigenvalue weighted by atomic mass is 9.83. The van der Waals surface area contributed by atoms with Gasteiger partial charge in [0, 0.05) is 30.6 Å². The number of benzene rings is 3. The van der Waals surface area contributed by atoms with Crippen LogP contribution in [0.2, 0.25) is 0 Å². The zero-order valence-corrected chi connectivity index (χ0v) is 24.1. The number of Topliss-reactive ketones (excluding diaryl/α,β-unsaturated/α-hetero) is 1. The molecule has 5 rings (SSSR count). The lowest BCUT2D eigenvalue weighted by molar-refractivity contribution is -0.122. The topological polar surface area (TPSA) is 49.4 Å². The summed E-state index contributed by atoms with van der Waals surface area (Å²) >= 11 is 0. The molecule has 4 heteroatoms. The smallest absolute Gasteiger partial charge is 0.232 e. The molecule has 1 aliphatic heterocycles. The third kappa shape index (κ3) is 7.09. The number of rotatable bonds is 9. The van der Waals surface area contributed by atoms with Crippen LogP contribution in [0.15, 0.2) is 78.9 Å². The van der Waals surface area contributed by atoms with E-state index in [-0.39, 0.29) is 29.6 Å². The molecule has 1 fully saturated rings. The van der Waals surface area contributed by atoms with Crippen molar-refractivity contribution < 1.29 is 9.59 Å². The van der Waals surface area contributed by atoms with E-state index in [1.54, 1.807) is 0 Å². The Balaban J connectivity index is 1.09. The van der Waals surface area contributed by atoms with Gasteiger partial charge in [0.1, 0.15) is 0 Å². The molecule has 4 nitrogen and oxygen atoms in total. The lowest BCUT2D eigenvalue weighted by Gasteiger charge is -2.31. The van der Waals surface area contributed by atoms with Crippen molar-refractivity contribution in [3.05, 3.63) is 107 Å². The molecule has 0 saturated heterocycles. The van der Waals surface area contributed by atoms with Crippen molar-refractivity contribution in [2.45, 2.75) is 70.8 Å². The number of nitrogens with one attached hydrogen (secondary N) is 1. The van der Waals surface area contributed by atoms with Crippen LogP contribution in [-0.4, -0.2) is 42.3 Å². The van der Waals surface area contributed by atoms with Crippen molar-refractivity contribution in [2.75, 3.05) is 19.6 Å². The first kappa shape index (κ1) is 28.3. The first-order valence-electron chi connectivity index (χ1n) is 15.3. The van der Waals surface area contributed by atoms with Gasteiger partial charge in [-0.15, -0.1) is 0 Å². The maximum Gasteiger partial charge on any atom is 0.232 e. The van der Waals surface area contributed by atoms with E-state index in [1.807, 2.05) is 56.3 Å². The number of nitrogens with zero attached hydrogens (tertiary/aromatic N) is 1. The second-order valence-corrected chi connectivity index (χ2v) is 12.1. The molecule has 0 bridgehead atoms. The Kier molecular flexibility index (Phi) is 9.49. The first-order chi connectivity index (χ1) is 19.5. The molecule has 40 heavy (non-hydrogen) atoms. The molecular formula is C36H44N2O2. The van der Waals surface area contributed by atoms with Gasteiger partial charge < -0.3 is 10.2 Å². The van der Waals surface area contributed by atoms with Crippen LogP contribution in [0.4, 0.5) is 0 Å². The minimum atomic E-state index is -0.271. The average Bonchev–Trinajstić information content (AvgIpc) is 3.19. The van der Waals surface area contributed by atoms with Crippen LogP contribution in [0.3, 0.4) is 0 Å². The summed E-state index contributed by atoms with van der Waals surface area (Å²) < 4.78 is 0. The zero-order chi connectivity index (χ0) is 27.9. The highest BCUT2D eigenvalue weighted by Gasteiger charge is 2.28. The summed E-state index contributed by atoms with van der Waals surface area (Å²) in [6.07, 6.45) is 7.80. The molecule has 1 N–H and O–H groups in total. The van der Waals surface area contributed by atoms with Gasteiger partial charge in [-0.2, -0.15) is 0 Å². The highest BCUT2D eigenvalue weighted by molar-refractivity contribution is 5.97. The van der Waals surface area contributed by atoms with Gasteiger partial charge in [0.25, 0.3) is 0 Å². The minimum absolute atomic E-state index is 0.0397. The monoisotopic (exact) mass is 536 g/mol. The molecule has 0 atom stereocenters. The third-order valence-corrected chi connectivity index (χ3v) is 8.98. The molecule has 2 aliphatic rings. The molecule has 3 aromatic carbocycles. The standard InChI is InChI=1S/C36H44N2O2/c1-26(2)35(39)32-16-15-28-20-23-38(24-21-31(28)25-32)22-19-27-13-17-33(18-14-27)37-36(40)34(29-9-5-3-6-10-29)30-11-7-4-8-12-30/h3-12,15-16,25-27,33-34H,13-14,17-24H2,1-2H3,(H,37,40)/t27-,33-. The van der Waals surface area contributed by atoms with Crippen molar-refractivity contribution >= 4 is 11.7 Å². The van der Waals surface area contributed by atoms with Gasteiger partial charge >= 0.3 is 0 Å². The van der Waals surface area contributed by atoms with Gasteiger partial charge in [0.2, 0.25) is 5.91 Å². The van der Waals surface area contributed by atoms with Crippen LogP contribution in [0.25, 0.3) is 0 Å². The van der Waals surface area contributed by atoms with E-state index in [1.165, 1.54) is 30.4 Å². The Hall–Kier alpha value is -3.24. The highest BCUT2D eigenvalue weighted by Crippen LogP contribution is 2.30. The summed E-state index contributed by atoms with van der Waals surface area (Å²) in [5.74, 6) is 0.854. The van der Waals surface area contributed by atoms with E-state index < -0.39 is 0 Å². The van der Waals surface area contributed by atoms with E-state index in [9.17, 15) is 9.59 Å². The Morgan fingerprint density at radius 2 is 1.40 bits per heavy atom. The summed E-state index contributed by atoms with van der Waals surface area (Å²) in [7, 11) is 0. The van der Waals surface area contributed by atoms with Crippen molar-refractivity contribution in [1.82, 2.24) is 10.2 Å². The van der Waals surface area contributed by atoms with Crippen molar-refractivity contribution in [3.8, 4) is 0 Å². The molecule has 0 spiro atoms. The van der Waals surface area contributed by atoms with Gasteiger partial charge in [0.15, 0.2) is 5.78 Å². The Bertz CT molecular complexity index is 1220. The first-order valence-corrected chi connectivity index (χ1v) is 15.3. The summed E-state index contributed by atoms with van der Waals surface area (Å²) in [6.45, 7) is 7.25. The van der Waals surface area contributed by atoms with Crippen LogP contribution in [-0.2, 0) is 17.6 Å². The van der Waals surface area contributed by atoms with Gasteiger partial charge in [-0.1, -0.05) is 86.6 Å². The van der Waals surface area contributed by atoms with E-state index in [2.05, 4.69) is 46.6 Å². The third-order valence-electron chi connectivity index (χ3n) is 8.98. The largest absolute Gasteiger partial charge is 0.353 e. The fourth-order valence-electron chi connectivity index (χ4n) is 6.51. The molecule has 0 unspecified atom stereocenters. The molecule has 1 heterocycles. The summed E-state index contributed by atoms with van der Waals surface area (Å²) in [5, 5.41) is 3.41. The fraction of sp³-hybridized carbons (Fsp3) is 0.444. The number of fused-ring (bicyclic) bond motifs is 1. The fourth-order valence-corrected chi connectivity index (χ4v) is 6.51. The van der Waals surface area contributed by atoms with E-state index in [4.69, 9.17) is 0 Å². The van der Waals surface area contributed by atoms with Crippen LogP contribution >= 0.6 is 0 Å². The molecule has 3 aromatic rings. The number of carbonyl (C=O) groups is 2. The number of amides is 1. The highest BCUT2D eigenvalue weighted by atomic mass is 16.2. The molecule has 1 aliphatic carbocycles. The number of hydrogen-bond donors (Lipinski definition) is 1. The van der Waals surface area contributed by atoms with Gasteiger partial charge in [-0.3, -0.25) is 9.59 Å². The molecular weight excluding hydrogens is 492 g/mol. The molecule has 1 amide bonds. The van der Waals surface area contributed by atoms with Crippen LogP contribution in [0.1, 0.15) is 84.5 Å². The zero-order valence-electron chi connectivity index (χ0n) is 24.1. The quantitative estimate of drug-likeness (QED) is 0.305. The Morgan fingerprint density at radius 3 is 2.00 bits per heavy atom. The summed E-state index contributed by atoms with van der Waals surface area (Å²) in [4.78, 5) is 28.6. The predicted molar refractivity (Wildman–Crippen MR) is 163 cm³/mol. The van der Waals surface area contributed by atoms with Crippen LogP contribution in [0, 0.1) is 11.8 Å². The van der Waals surface area contributed by atoms with Gasteiger partial charge in [-0.05, 0) is 85.7 Å². The van der Waals surface area contributed by atoms with Crippen LogP contribution in [0.5, 0.6) is 0 Å². The normalized spacial score (nSPS) is 19.7. The van der Waals surface area contributed by atoms with Crippen molar-refractivity contribution in [2.24, 2.45) is 11.8 Å². The van der Waals surface area contributed by atoms with E-state index in [0.29, 0.717) is 0 Å². The molecule has 210 valence electrons. The van der Waals surface area contributed by atoms with E-state index in [0.717, 1.165) is 67.9 Å². The van der Waals surface area contributed by atoms with Crippen molar-refractivity contribution in [3.63, 3.8) is 0 Å². The molecule has 1 saturated carbocycles. The predicted octanol–water partition coefficient (Wildman–Crippen LogP) is 6.82. The van der Waals surface area contributed by atoms with Gasteiger partial charge in [0.05, 0.1) is 5.92 Å². The number of carbonyl (C=O) groups excluding carboxylic acids is 2. The summed E-state index contributed by atoms with van der Waals surface area (Å²) in [5.41, 5.74) is 5.72.